The van der Waals surface area contributed by atoms with Crippen molar-refractivity contribution >= 4 is 54.6 Å². The van der Waals surface area contributed by atoms with Crippen LogP contribution in [-0.4, -0.2) is 288 Å². The molecule has 3 aliphatic carbocycles. The standard InChI is InChI=1S/C83H149N4O28P/c1-58-70(46-61(51-88)80(103)77(58)100)112-40-22-19-30-65(91)26-13-11-15-28-67(93)35-43-109-55-83(86-75(98)33-17-9-7-5-6-8-10-18-34-76(99)87-50-69(95)49-64(87)54-115-116(106,107)108-4,56-110-44-36-68(94)29-16-12-14-27-66(92)31-20-23-41-113-71-47-62(52-89)81(104)78(101)59(71)2)57-111-45-37-74(97)85-39-25-38-84-73(96)32-21-24-42-114-72-48-63(53-90)82(105)79(102)60(72)3/h58-64,69-72,77-82,88-90,95,100-105H,5-57H2,1-4H3,(H,84,96)(H,85,97)(H,86,98)(H,106,107)/p-1/t58?,59?,60?,61?,62?,63?,64-,69+,70?,71?,72?,77?,78?,79?,80?,81?,82?,83?/m0/s1. The molecule has 1 saturated heterocycles. The molecule has 18 atom stereocenters. The summed E-state index contributed by atoms with van der Waals surface area (Å²) < 4.78 is 57.5. The number of nitrogens with one attached hydrogen (secondary N) is 3. The van der Waals surface area contributed by atoms with Gasteiger partial charge in [-0.1, -0.05) is 72.1 Å². The number of rotatable bonds is 68. The van der Waals surface area contributed by atoms with Crippen LogP contribution in [-0.2, 0) is 80.4 Å². The maximum Gasteiger partial charge on any atom is 0.267 e. The van der Waals surface area contributed by atoms with E-state index in [1.807, 2.05) is 13.8 Å². The highest BCUT2D eigenvalue weighted by molar-refractivity contribution is 7.45. The number of aliphatic hydroxyl groups excluding tert-OH is 10. The van der Waals surface area contributed by atoms with E-state index >= 15 is 0 Å². The average molecular weight is 1680 g/mol. The van der Waals surface area contributed by atoms with E-state index in [4.69, 9.17) is 32.9 Å². The van der Waals surface area contributed by atoms with E-state index in [1.54, 1.807) is 6.92 Å². The van der Waals surface area contributed by atoms with Crippen molar-refractivity contribution in [2.24, 2.45) is 35.5 Å². The van der Waals surface area contributed by atoms with Gasteiger partial charge in [0.15, 0.2) is 0 Å². The predicted molar refractivity (Wildman–Crippen MR) is 427 cm³/mol. The molecular weight excluding hydrogens is 1530 g/mol. The van der Waals surface area contributed by atoms with Crippen LogP contribution >= 0.6 is 7.82 Å². The Bertz CT molecular complexity index is 2600. The molecule has 32 nitrogen and oxygen atoms in total. The molecule has 0 radical (unpaired) electrons. The number of β-amino-alcohol motifs (C(OH)–C–C–N with tert-alkyl or cyclic N) is 1. The number of unbranched alkanes of at least 4 members (excludes halogenated alkanes) is 14. The van der Waals surface area contributed by atoms with Crippen LogP contribution in [0.4, 0.5) is 0 Å². The largest absolute Gasteiger partial charge is 0.756 e. The number of likely N-dealkylation sites (tertiary alicyclic amines) is 1. The zero-order valence-electron chi connectivity index (χ0n) is 70.0. The van der Waals surface area contributed by atoms with Crippen molar-refractivity contribution in [3.63, 3.8) is 0 Å². The maximum atomic E-state index is 14.1. The quantitative estimate of drug-likeness (QED) is 0.0291. The lowest BCUT2D eigenvalue weighted by Gasteiger charge is -2.40. The van der Waals surface area contributed by atoms with Crippen molar-refractivity contribution in [1.29, 1.82) is 0 Å². The Hall–Kier alpha value is -3.97. The van der Waals surface area contributed by atoms with Gasteiger partial charge < -0.3 is 114 Å². The highest BCUT2D eigenvalue weighted by Crippen LogP contribution is 2.39. The Morgan fingerprint density at radius 2 is 0.733 bits per heavy atom. The van der Waals surface area contributed by atoms with Crippen molar-refractivity contribution in [3.8, 4) is 0 Å². The average Bonchev–Trinajstić information content (AvgIpc) is 1.41. The van der Waals surface area contributed by atoms with E-state index < -0.39 is 79.9 Å². The predicted octanol–water partition coefficient (Wildman–Crippen LogP) is 4.63. The number of carbonyl (C=O) groups is 8. The number of carbonyl (C=O) groups excluding carboxylic acids is 8. The van der Waals surface area contributed by atoms with E-state index in [1.165, 1.54) is 4.90 Å². The van der Waals surface area contributed by atoms with Crippen molar-refractivity contribution in [3.05, 3.63) is 0 Å². The number of nitrogens with zero attached hydrogens (tertiary/aromatic N) is 1. The lowest BCUT2D eigenvalue weighted by molar-refractivity contribution is -0.224. The van der Waals surface area contributed by atoms with Gasteiger partial charge in [0.05, 0.1) is 113 Å². The molecule has 0 aromatic rings. The minimum absolute atomic E-state index is 0.00304. The number of hydrogen-bond acceptors (Lipinski definition) is 28. The van der Waals surface area contributed by atoms with Crippen molar-refractivity contribution < 1.29 is 136 Å². The summed E-state index contributed by atoms with van der Waals surface area (Å²) in [6.45, 7) is 5.62. The molecule has 13 N–H and O–H groups in total. The second-order valence-corrected chi connectivity index (χ2v) is 34.6. The van der Waals surface area contributed by atoms with E-state index in [9.17, 15) is 98.9 Å². The highest BCUT2D eigenvalue weighted by Gasteiger charge is 2.44. The van der Waals surface area contributed by atoms with Crippen molar-refractivity contribution in [2.75, 3.05) is 113 Å². The van der Waals surface area contributed by atoms with Gasteiger partial charge in [0, 0.05) is 179 Å². The summed E-state index contributed by atoms with van der Waals surface area (Å²) in [4.78, 5) is 118. The van der Waals surface area contributed by atoms with Crippen molar-refractivity contribution in [2.45, 2.75) is 331 Å². The molecule has 4 aliphatic rings. The molecule has 116 heavy (non-hydrogen) atoms. The third-order valence-corrected chi connectivity index (χ3v) is 24.4. The fraction of sp³-hybridized carbons (Fsp3) is 0.904. The van der Waals surface area contributed by atoms with Gasteiger partial charge in [0.25, 0.3) is 7.82 Å². The van der Waals surface area contributed by atoms with Gasteiger partial charge in [-0.05, 0) is 109 Å². The van der Waals surface area contributed by atoms with Crippen LogP contribution in [0, 0.1) is 35.5 Å². The van der Waals surface area contributed by atoms with E-state index in [2.05, 4.69) is 20.5 Å². The monoisotopic (exact) mass is 1680 g/mol. The van der Waals surface area contributed by atoms with Gasteiger partial charge in [0.1, 0.15) is 28.7 Å². The summed E-state index contributed by atoms with van der Waals surface area (Å²) in [5.74, 6) is -3.14. The SMILES string of the molecule is COP(=O)([O-])OC[C@@H]1C[C@@H](O)CN1C(=O)CCCCCCCCCCC(=O)NC(COCCC(=O)CCCCCC(=O)CCCCOC1CC(CO)C(O)C(O)C1C)(COCCC(=O)CCCCCC(=O)CCCCOC1CC(CO)C(O)C(O)C1C)COCCC(=O)NCCCNC(=O)CCCCOC1CC(CO)C(O)C(O)C1C. The molecule has 0 aromatic carbocycles. The first-order chi connectivity index (χ1) is 55.6. The Kier molecular flexibility index (Phi) is 53.7. The number of hydrogen-bond donors (Lipinski definition) is 13. The van der Waals surface area contributed by atoms with Crippen LogP contribution < -0.4 is 20.8 Å². The van der Waals surface area contributed by atoms with Crippen LogP contribution in [0.5, 0.6) is 0 Å². The molecule has 0 spiro atoms. The molecule has 0 aromatic heterocycles. The number of Topliss-reactive ketones (excluding diaryl/α,β-unsaturated/α-hetero) is 4. The second-order valence-electron chi connectivity index (χ2n) is 33.1. The molecule has 4 fully saturated rings. The molecule has 4 rings (SSSR count). The first-order valence-electron chi connectivity index (χ1n) is 43.5. The zero-order chi connectivity index (χ0) is 85.3. The minimum Gasteiger partial charge on any atom is -0.756 e. The third kappa shape index (κ3) is 41.7. The molecular formula is C83H148N4O28P-. The number of ether oxygens (including phenoxy) is 6. The van der Waals surface area contributed by atoms with Gasteiger partial charge in [-0.15, -0.1) is 0 Å². The molecule has 1 heterocycles. The maximum absolute atomic E-state index is 14.1. The third-order valence-electron chi connectivity index (χ3n) is 23.5. The van der Waals surface area contributed by atoms with Crippen LogP contribution in [0.15, 0.2) is 0 Å². The van der Waals surface area contributed by atoms with Crippen LogP contribution in [0.25, 0.3) is 0 Å². The molecule has 33 heteroatoms. The van der Waals surface area contributed by atoms with Crippen LogP contribution in [0.1, 0.15) is 258 Å². The summed E-state index contributed by atoms with van der Waals surface area (Å²) in [7, 11) is -3.52. The summed E-state index contributed by atoms with van der Waals surface area (Å²) in [6, 6.07) is -0.586. The van der Waals surface area contributed by atoms with Gasteiger partial charge in [0.2, 0.25) is 23.6 Å². The number of aliphatic hydroxyl groups is 10. The van der Waals surface area contributed by atoms with Gasteiger partial charge in [-0.3, -0.25) is 42.9 Å². The topological polar surface area (TPSA) is 492 Å². The zero-order valence-corrected chi connectivity index (χ0v) is 70.9. The normalized spacial score (nSPS) is 26.6. The smallest absolute Gasteiger partial charge is 0.267 e. The molecule has 3 saturated carbocycles. The summed E-state index contributed by atoms with van der Waals surface area (Å²) in [6.07, 6.45) is 10.6. The molecule has 1 aliphatic heterocycles. The van der Waals surface area contributed by atoms with Gasteiger partial charge in [-0.25, -0.2) is 0 Å². The lowest BCUT2D eigenvalue weighted by atomic mass is 9.77. The minimum atomic E-state index is -4.50. The number of amides is 4. The highest BCUT2D eigenvalue weighted by atomic mass is 31.2. The van der Waals surface area contributed by atoms with Crippen molar-refractivity contribution in [1.82, 2.24) is 20.9 Å². The van der Waals surface area contributed by atoms with Crippen LogP contribution in [0.3, 0.4) is 0 Å². The molecule has 0 bridgehead atoms. The number of phosphoric ester groups is 1. The van der Waals surface area contributed by atoms with E-state index in [0.717, 1.165) is 45.6 Å². The number of ketones is 4. The first kappa shape index (κ1) is 104. The first-order valence-corrected chi connectivity index (χ1v) is 44.9. The van der Waals surface area contributed by atoms with E-state index in [-0.39, 0.29) is 220 Å². The Morgan fingerprint density at radius 3 is 1.13 bits per heavy atom. The van der Waals surface area contributed by atoms with E-state index in [0.29, 0.717) is 168 Å². The van der Waals surface area contributed by atoms with Gasteiger partial charge in [-0.2, -0.15) is 0 Å². The molecule has 674 valence electrons. The fourth-order valence-electron chi connectivity index (χ4n) is 15.7. The lowest BCUT2D eigenvalue weighted by Crippen LogP contribution is -2.58. The van der Waals surface area contributed by atoms with Crippen LogP contribution in [0.2, 0.25) is 0 Å². The molecule has 4 amide bonds. The fourth-order valence-corrected chi connectivity index (χ4v) is 16.1. The second kappa shape index (κ2) is 59.7. The summed E-state index contributed by atoms with van der Waals surface area (Å²) in [5, 5.41) is 110. The number of phosphoric acid groups is 1. The Morgan fingerprint density at radius 1 is 0.405 bits per heavy atom. The summed E-state index contributed by atoms with van der Waals surface area (Å²) in [5.41, 5.74) is -1.34. The summed E-state index contributed by atoms with van der Waals surface area (Å²) >= 11 is 0. The molecule has 16 unspecified atom stereocenters. The van der Waals surface area contributed by atoms with Gasteiger partial charge >= 0.3 is 0 Å². The Labute approximate surface area is 688 Å². The Balaban J connectivity index is 1.28.